The van der Waals surface area contributed by atoms with E-state index in [1.165, 1.54) is 24.1 Å². The molecule has 2 bridgehead atoms. The predicted molar refractivity (Wildman–Crippen MR) is 88.2 cm³/mol. The Morgan fingerprint density at radius 1 is 1.27 bits per heavy atom. The zero-order chi connectivity index (χ0) is 15.3. The molecule has 0 saturated carbocycles. The van der Waals surface area contributed by atoms with Crippen molar-refractivity contribution in [3.8, 4) is 0 Å². The van der Waals surface area contributed by atoms with Gasteiger partial charge in [-0.15, -0.1) is 0 Å². The zero-order valence-corrected chi connectivity index (χ0v) is 13.9. The Morgan fingerprint density at radius 3 is 2.95 bits per heavy atom. The van der Waals surface area contributed by atoms with Crippen LogP contribution in [0.15, 0.2) is 24.4 Å². The van der Waals surface area contributed by atoms with Gasteiger partial charge in [-0.3, -0.25) is 4.90 Å². The van der Waals surface area contributed by atoms with Crippen molar-refractivity contribution in [2.24, 2.45) is 0 Å². The summed E-state index contributed by atoms with van der Waals surface area (Å²) < 4.78 is 0. The maximum atomic E-state index is 6.35. The quantitative estimate of drug-likeness (QED) is 0.817. The van der Waals surface area contributed by atoms with E-state index in [-0.39, 0.29) is 0 Å². The summed E-state index contributed by atoms with van der Waals surface area (Å²) in [7, 11) is 0. The van der Waals surface area contributed by atoms with Gasteiger partial charge in [-0.1, -0.05) is 29.3 Å². The van der Waals surface area contributed by atoms with Crippen molar-refractivity contribution in [3.05, 3.63) is 57.1 Å². The van der Waals surface area contributed by atoms with Crippen LogP contribution in [0.5, 0.6) is 0 Å². The van der Waals surface area contributed by atoms with E-state index in [4.69, 9.17) is 23.2 Å². The van der Waals surface area contributed by atoms with Gasteiger partial charge in [-0.25, -0.2) is 9.97 Å². The molecule has 2 aromatic rings. The van der Waals surface area contributed by atoms with Crippen LogP contribution in [0.1, 0.15) is 41.5 Å². The summed E-state index contributed by atoms with van der Waals surface area (Å²) >= 11 is 12.3. The SMILES string of the molecule is Cc1ncc2c(n1)C[C@@H]1CC[C@H]2N1Cc1ccc(Cl)cc1Cl. The summed E-state index contributed by atoms with van der Waals surface area (Å²) in [6, 6.07) is 6.74. The van der Waals surface area contributed by atoms with E-state index in [0.29, 0.717) is 17.1 Å². The Bertz CT molecular complexity index is 732. The van der Waals surface area contributed by atoms with Gasteiger partial charge in [0.05, 0.1) is 5.69 Å². The van der Waals surface area contributed by atoms with Crippen molar-refractivity contribution >= 4 is 23.2 Å². The average molecular weight is 334 g/mol. The summed E-state index contributed by atoms with van der Waals surface area (Å²) in [5.41, 5.74) is 3.67. The zero-order valence-electron chi connectivity index (χ0n) is 12.4. The van der Waals surface area contributed by atoms with Crippen LogP contribution in [0.4, 0.5) is 0 Å². The highest BCUT2D eigenvalue weighted by atomic mass is 35.5. The number of rotatable bonds is 2. The van der Waals surface area contributed by atoms with Crippen LogP contribution >= 0.6 is 23.2 Å². The fraction of sp³-hybridized carbons (Fsp3) is 0.412. The van der Waals surface area contributed by atoms with E-state index in [1.807, 2.05) is 31.3 Å². The van der Waals surface area contributed by atoms with Crippen LogP contribution < -0.4 is 0 Å². The third-order valence-electron chi connectivity index (χ3n) is 4.82. The first-order chi connectivity index (χ1) is 10.6. The van der Waals surface area contributed by atoms with Crippen molar-refractivity contribution in [1.29, 1.82) is 0 Å². The van der Waals surface area contributed by atoms with Gasteiger partial charge in [0.15, 0.2) is 0 Å². The second-order valence-corrected chi connectivity index (χ2v) is 7.02. The molecular weight excluding hydrogens is 317 g/mol. The number of aromatic nitrogens is 2. The molecule has 2 atom stereocenters. The second kappa shape index (κ2) is 5.48. The fourth-order valence-electron chi connectivity index (χ4n) is 3.77. The third-order valence-corrected chi connectivity index (χ3v) is 5.41. The molecule has 3 nitrogen and oxygen atoms in total. The number of nitrogens with zero attached hydrogens (tertiary/aromatic N) is 3. The van der Waals surface area contributed by atoms with Crippen LogP contribution in [0.2, 0.25) is 10.0 Å². The molecule has 0 N–H and O–H groups in total. The molecule has 2 aliphatic heterocycles. The van der Waals surface area contributed by atoms with E-state index in [0.717, 1.165) is 29.4 Å². The van der Waals surface area contributed by atoms with Gasteiger partial charge in [-0.2, -0.15) is 0 Å². The van der Waals surface area contributed by atoms with Crippen LogP contribution in [0.25, 0.3) is 0 Å². The summed E-state index contributed by atoms with van der Waals surface area (Å²) in [6.45, 7) is 2.82. The highest BCUT2D eigenvalue weighted by Crippen LogP contribution is 2.44. The molecule has 1 aromatic carbocycles. The van der Waals surface area contributed by atoms with E-state index >= 15 is 0 Å². The van der Waals surface area contributed by atoms with Gasteiger partial charge in [-0.05, 0) is 37.5 Å². The Morgan fingerprint density at radius 2 is 2.14 bits per heavy atom. The Hall–Kier alpha value is -1.16. The number of aryl methyl sites for hydroxylation is 1. The highest BCUT2D eigenvalue weighted by Gasteiger charge is 2.40. The van der Waals surface area contributed by atoms with Crippen molar-refractivity contribution in [2.75, 3.05) is 0 Å². The first-order valence-corrected chi connectivity index (χ1v) is 8.39. The number of hydrogen-bond donors (Lipinski definition) is 0. The minimum atomic E-state index is 0.418. The molecule has 5 heteroatoms. The third kappa shape index (κ3) is 2.41. The number of halogens is 2. The lowest BCUT2D eigenvalue weighted by molar-refractivity contribution is 0.166. The van der Waals surface area contributed by atoms with Crippen LogP contribution in [-0.4, -0.2) is 20.9 Å². The second-order valence-electron chi connectivity index (χ2n) is 6.18. The van der Waals surface area contributed by atoms with Crippen molar-refractivity contribution in [1.82, 2.24) is 14.9 Å². The van der Waals surface area contributed by atoms with Crippen LogP contribution in [0.3, 0.4) is 0 Å². The molecule has 1 fully saturated rings. The lowest BCUT2D eigenvalue weighted by atomic mass is 9.98. The molecule has 4 rings (SSSR count). The number of benzene rings is 1. The minimum absolute atomic E-state index is 0.418. The lowest BCUT2D eigenvalue weighted by Gasteiger charge is -2.35. The monoisotopic (exact) mass is 333 g/mol. The van der Waals surface area contributed by atoms with E-state index < -0.39 is 0 Å². The fourth-order valence-corrected chi connectivity index (χ4v) is 4.24. The molecule has 114 valence electrons. The minimum Gasteiger partial charge on any atom is -0.289 e. The van der Waals surface area contributed by atoms with Gasteiger partial charge in [0.1, 0.15) is 5.82 Å². The molecule has 22 heavy (non-hydrogen) atoms. The maximum Gasteiger partial charge on any atom is 0.125 e. The van der Waals surface area contributed by atoms with Gasteiger partial charge in [0.2, 0.25) is 0 Å². The summed E-state index contributed by atoms with van der Waals surface area (Å²) in [5.74, 6) is 0.868. The molecule has 1 aromatic heterocycles. The molecular formula is C17H17Cl2N3. The largest absolute Gasteiger partial charge is 0.289 e. The van der Waals surface area contributed by atoms with Gasteiger partial charge < -0.3 is 0 Å². The Kier molecular flexibility index (Phi) is 3.60. The molecule has 0 aliphatic carbocycles. The molecule has 3 heterocycles. The summed E-state index contributed by atoms with van der Waals surface area (Å²) in [4.78, 5) is 11.6. The lowest BCUT2D eigenvalue weighted by Crippen LogP contribution is -2.37. The molecule has 0 radical (unpaired) electrons. The Balaban J connectivity index is 1.65. The summed E-state index contributed by atoms with van der Waals surface area (Å²) in [6.07, 6.45) is 5.42. The first-order valence-electron chi connectivity index (χ1n) is 7.64. The van der Waals surface area contributed by atoms with Gasteiger partial charge in [0, 0.05) is 46.9 Å². The standard InChI is InChI=1S/C17H17Cl2N3/c1-10-20-8-14-16(21-10)7-13-4-5-17(14)22(13)9-11-2-3-12(18)6-15(11)19/h2-3,6,8,13,17H,4-5,7,9H2,1H3/t13-,17+/m0/s1. The predicted octanol–water partition coefficient (Wildman–Crippen LogP) is 4.35. The topological polar surface area (TPSA) is 29.0 Å². The summed E-state index contributed by atoms with van der Waals surface area (Å²) in [5, 5.41) is 1.43. The first kappa shape index (κ1) is 14.4. The van der Waals surface area contributed by atoms with Crippen LogP contribution in [-0.2, 0) is 13.0 Å². The highest BCUT2D eigenvalue weighted by molar-refractivity contribution is 6.35. The smallest absolute Gasteiger partial charge is 0.125 e. The van der Waals surface area contributed by atoms with Crippen LogP contribution in [0, 0.1) is 6.92 Å². The van der Waals surface area contributed by atoms with E-state index in [2.05, 4.69) is 14.9 Å². The molecule has 0 unspecified atom stereocenters. The van der Waals surface area contributed by atoms with Crippen molar-refractivity contribution in [3.63, 3.8) is 0 Å². The van der Waals surface area contributed by atoms with Gasteiger partial charge >= 0.3 is 0 Å². The number of fused-ring (bicyclic) bond motifs is 4. The van der Waals surface area contributed by atoms with Gasteiger partial charge in [0.25, 0.3) is 0 Å². The van der Waals surface area contributed by atoms with E-state index in [1.54, 1.807) is 0 Å². The van der Waals surface area contributed by atoms with Crippen molar-refractivity contribution in [2.45, 2.75) is 44.8 Å². The Labute approximate surface area is 140 Å². The maximum absolute atomic E-state index is 6.35. The molecule has 2 aliphatic rings. The van der Waals surface area contributed by atoms with Crippen molar-refractivity contribution < 1.29 is 0 Å². The molecule has 0 amide bonds. The number of hydrogen-bond acceptors (Lipinski definition) is 3. The molecule has 1 saturated heterocycles. The molecule has 0 spiro atoms. The normalized spacial score (nSPS) is 23.6. The average Bonchev–Trinajstić information content (AvgIpc) is 2.75. The van der Waals surface area contributed by atoms with E-state index in [9.17, 15) is 0 Å².